The average molecular weight is 256 g/mol. The Hall–Kier alpha value is -1.26. The standard InChI is InChI=1S/C12H14ClNO3/c13-11-7-9(1-2-10(11)12(15)16)14-8-3-5-17-6-4-8/h1-2,7-8,14H,3-6H2,(H,15,16). The first-order valence-corrected chi connectivity index (χ1v) is 5.92. The summed E-state index contributed by atoms with van der Waals surface area (Å²) in [5.41, 5.74) is 0.982. The molecule has 17 heavy (non-hydrogen) atoms. The van der Waals surface area contributed by atoms with Crippen LogP contribution in [-0.4, -0.2) is 30.3 Å². The Balaban J connectivity index is 2.06. The number of carbonyl (C=O) groups is 1. The molecule has 1 aromatic carbocycles. The summed E-state index contributed by atoms with van der Waals surface area (Å²) >= 11 is 5.90. The van der Waals surface area contributed by atoms with Crippen molar-refractivity contribution in [2.24, 2.45) is 0 Å². The lowest BCUT2D eigenvalue weighted by atomic mass is 10.1. The molecule has 0 unspecified atom stereocenters. The van der Waals surface area contributed by atoms with Crippen molar-refractivity contribution >= 4 is 23.3 Å². The molecule has 0 atom stereocenters. The van der Waals surface area contributed by atoms with Gasteiger partial charge >= 0.3 is 5.97 Å². The number of anilines is 1. The number of nitrogens with one attached hydrogen (secondary N) is 1. The molecule has 1 saturated heterocycles. The summed E-state index contributed by atoms with van der Waals surface area (Å²) in [6, 6.07) is 5.29. The lowest BCUT2D eigenvalue weighted by Gasteiger charge is -2.24. The molecule has 1 aromatic rings. The largest absolute Gasteiger partial charge is 0.478 e. The van der Waals surface area contributed by atoms with Gasteiger partial charge in [0.1, 0.15) is 0 Å². The van der Waals surface area contributed by atoms with Crippen LogP contribution in [0.2, 0.25) is 5.02 Å². The van der Waals surface area contributed by atoms with Crippen LogP contribution in [-0.2, 0) is 4.74 Å². The molecule has 2 N–H and O–H groups in total. The lowest BCUT2D eigenvalue weighted by Crippen LogP contribution is -2.27. The highest BCUT2D eigenvalue weighted by atomic mass is 35.5. The summed E-state index contributed by atoms with van der Waals surface area (Å²) in [5.74, 6) is -1.01. The number of aromatic carboxylic acids is 1. The fourth-order valence-corrected chi connectivity index (χ4v) is 2.12. The monoisotopic (exact) mass is 255 g/mol. The van der Waals surface area contributed by atoms with Crippen molar-refractivity contribution in [2.45, 2.75) is 18.9 Å². The normalized spacial score (nSPS) is 16.8. The summed E-state index contributed by atoms with van der Waals surface area (Å²) in [7, 11) is 0. The molecule has 1 heterocycles. The van der Waals surface area contributed by atoms with Gasteiger partial charge in [0.2, 0.25) is 0 Å². The number of hydrogen-bond acceptors (Lipinski definition) is 3. The molecule has 0 radical (unpaired) electrons. The highest BCUT2D eigenvalue weighted by molar-refractivity contribution is 6.33. The van der Waals surface area contributed by atoms with Crippen molar-refractivity contribution in [1.82, 2.24) is 0 Å². The highest BCUT2D eigenvalue weighted by Gasteiger charge is 2.14. The molecule has 5 heteroatoms. The van der Waals surface area contributed by atoms with Gasteiger partial charge in [-0.25, -0.2) is 4.79 Å². The molecule has 0 saturated carbocycles. The zero-order valence-electron chi connectivity index (χ0n) is 9.28. The Labute approximate surface area is 105 Å². The van der Waals surface area contributed by atoms with E-state index in [-0.39, 0.29) is 10.6 Å². The maximum atomic E-state index is 10.8. The number of halogens is 1. The minimum absolute atomic E-state index is 0.129. The molecule has 0 spiro atoms. The second-order valence-electron chi connectivity index (χ2n) is 4.03. The third-order valence-electron chi connectivity index (χ3n) is 2.79. The molecule has 0 aliphatic carbocycles. The highest BCUT2D eigenvalue weighted by Crippen LogP contribution is 2.23. The van der Waals surface area contributed by atoms with E-state index in [2.05, 4.69) is 5.32 Å². The van der Waals surface area contributed by atoms with Gasteiger partial charge in [0, 0.05) is 24.9 Å². The maximum absolute atomic E-state index is 10.8. The van der Waals surface area contributed by atoms with E-state index in [1.54, 1.807) is 12.1 Å². The lowest BCUT2D eigenvalue weighted by molar-refractivity contribution is 0.0697. The third kappa shape index (κ3) is 3.11. The van der Waals surface area contributed by atoms with Gasteiger partial charge in [0.05, 0.1) is 10.6 Å². The van der Waals surface area contributed by atoms with E-state index in [4.69, 9.17) is 21.4 Å². The summed E-state index contributed by atoms with van der Waals surface area (Å²) in [6.45, 7) is 1.53. The van der Waals surface area contributed by atoms with Crippen molar-refractivity contribution in [3.63, 3.8) is 0 Å². The van der Waals surface area contributed by atoms with Crippen molar-refractivity contribution in [2.75, 3.05) is 18.5 Å². The van der Waals surface area contributed by atoms with Crippen molar-refractivity contribution in [3.05, 3.63) is 28.8 Å². The Morgan fingerprint density at radius 1 is 1.41 bits per heavy atom. The summed E-state index contributed by atoms with van der Waals surface area (Å²) in [4.78, 5) is 10.8. The first-order chi connectivity index (χ1) is 8.16. The van der Waals surface area contributed by atoms with E-state index in [9.17, 15) is 4.79 Å². The Kier molecular flexibility index (Phi) is 3.86. The van der Waals surface area contributed by atoms with E-state index in [1.807, 2.05) is 0 Å². The maximum Gasteiger partial charge on any atom is 0.337 e. The van der Waals surface area contributed by atoms with Crippen molar-refractivity contribution < 1.29 is 14.6 Å². The van der Waals surface area contributed by atoms with Crippen molar-refractivity contribution in [3.8, 4) is 0 Å². The van der Waals surface area contributed by atoms with E-state index >= 15 is 0 Å². The number of hydrogen-bond donors (Lipinski definition) is 2. The van der Waals surface area contributed by atoms with Gasteiger partial charge in [-0.2, -0.15) is 0 Å². The fourth-order valence-electron chi connectivity index (χ4n) is 1.86. The fraction of sp³-hybridized carbons (Fsp3) is 0.417. The van der Waals surface area contributed by atoms with E-state index in [0.29, 0.717) is 6.04 Å². The van der Waals surface area contributed by atoms with Crippen LogP contribution < -0.4 is 5.32 Å². The Morgan fingerprint density at radius 3 is 2.71 bits per heavy atom. The quantitative estimate of drug-likeness (QED) is 0.872. The second kappa shape index (κ2) is 5.38. The Morgan fingerprint density at radius 2 is 2.12 bits per heavy atom. The summed E-state index contributed by atoms with van der Waals surface area (Å²) < 4.78 is 5.27. The smallest absolute Gasteiger partial charge is 0.337 e. The molecule has 2 rings (SSSR count). The predicted molar refractivity (Wildman–Crippen MR) is 65.9 cm³/mol. The molecule has 4 nitrogen and oxygen atoms in total. The topological polar surface area (TPSA) is 58.6 Å². The van der Waals surface area contributed by atoms with Gasteiger partial charge < -0.3 is 15.2 Å². The third-order valence-corrected chi connectivity index (χ3v) is 3.10. The minimum Gasteiger partial charge on any atom is -0.478 e. The van der Waals surface area contributed by atoms with E-state index in [1.165, 1.54) is 6.07 Å². The van der Waals surface area contributed by atoms with Crippen LogP contribution in [0.3, 0.4) is 0 Å². The van der Waals surface area contributed by atoms with Crippen LogP contribution in [0.4, 0.5) is 5.69 Å². The van der Waals surface area contributed by atoms with Gasteiger partial charge in [0.25, 0.3) is 0 Å². The van der Waals surface area contributed by atoms with Crippen LogP contribution in [0, 0.1) is 0 Å². The van der Waals surface area contributed by atoms with Gasteiger partial charge in [0.15, 0.2) is 0 Å². The van der Waals surface area contributed by atoms with Crippen LogP contribution in [0.15, 0.2) is 18.2 Å². The van der Waals surface area contributed by atoms with Crippen LogP contribution >= 0.6 is 11.6 Å². The van der Waals surface area contributed by atoms with E-state index < -0.39 is 5.97 Å². The van der Waals surface area contributed by atoms with E-state index in [0.717, 1.165) is 31.7 Å². The molecule has 0 amide bonds. The summed E-state index contributed by atoms with van der Waals surface area (Å²) in [5, 5.41) is 12.4. The Bertz CT molecular complexity index is 416. The molecule has 92 valence electrons. The summed E-state index contributed by atoms with van der Waals surface area (Å²) in [6.07, 6.45) is 1.91. The molecule has 1 aliphatic rings. The van der Waals surface area contributed by atoms with Gasteiger partial charge in [-0.3, -0.25) is 0 Å². The average Bonchev–Trinajstić information content (AvgIpc) is 2.30. The van der Waals surface area contributed by atoms with Crippen LogP contribution in [0.1, 0.15) is 23.2 Å². The molecule has 0 bridgehead atoms. The van der Waals surface area contributed by atoms with Gasteiger partial charge in [-0.1, -0.05) is 11.6 Å². The number of carboxylic acid groups (broad SMARTS) is 1. The molecule has 1 fully saturated rings. The molecule has 0 aromatic heterocycles. The van der Waals surface area contributed by atoms with Gasteiger partial charge in [-0.15, -0.1) is 0 Å². The zero-order valence-corrected chi connectivity index (χ0v) is 10.0. The minimum atomic E-state index is -1.01. The van der Waals surface area contributed by atoms with Gasteiger partial charge in [-0.05, 0) is 31.0 Å². The SMILES string of the molecule is O=C(O)c1ccc(NC2CCOCC2)cc1Cl. The van der Waals surface area contributed by atoms with Crippen molar-refractivity contribution in [1.29, 1.82) is 0 Å². The first-order valence-electron chi connectivity index (χ1n) is 5.54. The number of carboxylic acids is 1. The molecular formula is C12H14ClNO3. The zero-order chi connectivity index (χ0) is 12.3. The number of ether oxygens (including phenoxy) is 1. The number of benzene rings is 1. The second-order valence-corrected chi connectivity index (χ2v) is 4.44. The molecule has 1 aliphatic heterocycles. The van der Waals surface area contributed by atoms with Crippen LogP contribution in [0.25, 0.3) is 0 Å². The van der Waals surface area contributed by atoms with Crippen LogP contribution in [0.5, 0.6) is 0 Å². The number of rotatable bonds is 3. The predicted octanol–water partition coefficient (Wildman–Crippen LogP) is 2.63. The molecular weight excluding hydrogens is 242 g/mol. The first kappa shape index (κ1) is 12.2.